The van der Waals surface area contributed by atoms with Crippen LogP contribution in [0.2, 0.25) is 0 Å². The molecule has 0 spiro atoms. The fourth-order valence-corrected chi connectivity index (χ4v) is 2.31. The van der Waals surface area contributed by atoms with Crippen LogP contribution >= 0.6 is 0 Å². The summed E-state index contributed by atoms with van der Waals surface area (Å²) in [6.07, 6.45) is 1.37. The molecule has 0 saturated heterocycles. The van der Waals surface area contributed by atoms with Gasteiger partial charge in [-0.15, -0.1) is 10.2 Å². The first kappa shape index (κ1) is 13.3. The van der Waals surface area contributed by atoms with E-state index in [1.165, 1.54) is 12.3 Å². The predicted octanol–water partition coefficient (Wildman–Crippen LogP) is 3.09. The highest BCUT2D eigenvalue weighted by molar-refractivity contribution is 6.03. The number of nitrogens with one attached hydrogen (secondary N) is 2. The van der Waals surface area contributed by atoms with E-state index in [1.807, 2.05) is 24.3 Å². The van der Waals surface area contributed by atoms with Crippen LogP contribution in [0.1, 0.15) is 5.56 Å². The number of halogens is 1. The van der Waals surface area contributed by atoms with Crippen molar-refractivity contribution in [2.75, 3.05) is 5.43 Å². The number of hydrogen-bond donors (Lipinski definition) is 2. The van der Waals surface area contributed by atoms with Gasteiger partial charge in [0, 0.05) is 16.5 Å². The molecule has 2 N–H and O–H groups in total. The second-order valence-electron chi connectivity index (χ2n) is 4.89. The summed E-state index contributed by atoms with van der Waals surface area (Å²) in [5.41, 5.74) is 5.28. The zero-order chi connectivity index (χ0) is 15.6. The zero-order valence-electron chi connectivity index (χ0n) is 11.9. The molecule has 0 aliphatic carbocycles. The van der Waals surface area contributed by atoms with Crippen LogP contribution in [0.5, 0.6) is 0 Å². The molecular formula is C16H11FN6. The zero-order valence-corrected chi connectivity index (χ0v) is 11.9. The molecule has 0 radical (unpaired) electrons. The molecule has 0 amide bonds. The molecule has 2 aromatic carbocycles. The van der Waals surface area contributed by atoms with E-state index >= 15 is 0 Å². The number of nitrogens with zero attached hydrogens (tertiary/aromatic N) is 4. The van der Waals surface area contributed by atoms with Gasteiger partial charge in [-0.2, -0.15) is 10.1 Å². The monoisotopic (exact) mass is 306 g/mol. The molecule has 6 nitrogen and oxygen atoms in total. The summed E-state index contributed by atoms with van der Waals surface area (Å²) in [7, 11) is 0. The first-order chi connectivity index (χ1) is 11.3. The predicted molar refractivity (Wildman–Crippen MR) is 86.8 cm³/mol. The van der Waals surface area contributed by atoms with Gasteiger partial charge in [-0.3, -0.25) is 0 Å². The number of hydrazone groups is 1. The Hall–Kier alpha value is -3.35. The maximum absolute atomic E-state index is 13.5. The fraction of sp³-hybridized carbons (Fsp3) is 0. The molecular weight excluding hydrogens is 295 g/mol. The van der Waals surface area contributed by atoms with Crippen LogP contribution < -0.4 is 5.43 Å². The van der Waals surface area contributed by atoms with Crippen LogP contribution in [0.3, 0.4) is 0 Å². The molecule has 0 aliphatic rings. The van der Waals surface area contributed by atoms with Crippen molar-refractivity contribution in [3.05, 3.63) is 59.9 Å². The second kappa shape index (κ2) is 5.45. The molecule has 4 aromatic rings. The number of aromatic amines is 1. The minimum atomic E-state index is -0.344. The van der Waals surface area contributed by atoms with Gasteiger partial charge in [0.15, 0.2) is 5.65 Å². The van der Waals surface area contributed by atoms with Crippen LogP contribution in [-0.2, 0) is 0 Å². The Balaban J connectivity index is 1.62. The lowest BCUT2D eigenvalue weighted by Crippen LogP contribution is -1.99. The van der Waals surface area contributed by atoms with E-state index in [2.05, 4.69) is 30.7 Å². The van der Waals surface area contributed by atoms with Gasteiger partial charge in [0.25, 0.3) is 5.95 Å². The van der Waals surface area contributed by atoms with Crippen molar-refractivity contribution >= 4 is 34.2 Å². The summed E-state index contributed by atoms with van der Waals surface area (Å²) in [4.78, 5) is 7.49. The lowest BCUT2D eigenvalue weighted by molar-refractivity contribution is 0.626. The molecule has 23 heavy (non-hydrogen) atoms. The van der Waals surface area contributed by atoms with Crippen LogP contribution in [-0.4, -0.2) is 26.4 Å². The van der Waals surface area contributed by atoms with Gasteiger partial charge in [-0.1, -0.05) is 36.4 Å². The minimum Gasteiger partial charge on any atom is -0.338 e. The van der Waals surface area contributed by atoms with Gasteiger partial charge in [0.2, 0.25) is 0 Å². The minimum absolute atomic E-state index is 0.233. The number of fused-ring (bicyclic) bond motifs is 3. The summed E-state index contributed by atoms with van der Waals surface area (Å²) in [6.45, 7) is 0. The lowest BCUT2D eigenvalue weighted by atomic mass is 10.2. The molecule has 7 heteroatoms. The Labute approximate surface area is 130 Å². The first-order valence-electron chi connectivity index (χ1n) is 6.96. The summed E-state index contributed by atoms with van der Waals surface area (Å²) >= 11 is 0. The third kappa shape index (κ3) is 2.48. The molecule has 2 heterocycles. The Morgan fingerprint density at radius 3 is 2.78 bits per heavy atom. The summed E-state index contributed by atoms with van der Waals surface area (Å²) in [6, 6.07) is 14.1. The van der Waals surface area contributed by atoms with Crippen molar-refractivity contribution < 1.29 is 4.39 Å². The highest BCUT2D eigenvalue weighted by Crippen LogP contribution is 2.21. The highest BCUT2D eigenvalue weighted by Gasteiger charge is 2.07. The Kier molecular flexibility index (Phi) is 3.16. The lowest BCUT2D eigenvalue weighted by Gasteiger charge is -1.98. The van der Waals surface area contributed by atoms with E-state index in [0.717, 1.165) is 10.9 Å². The number of H-pyrrole nitrogens is 1. The smallest absolute Gasteiger partial charge is 0.265 e. The van der Waals surface area contributed by atoms with E-state index in [0.29, 0.717) is 16.7 Å². The fourth-order valence-electron chi connectivity index (χ4n) is 2.31. The molecule has 0 unspecified atom stereocenters. The number of aromatic nitrogens is 4. The van der Waals surface area contributed by atoms with Gasteiger partial charge in [0.05, 0.1) is 6.21 Å². The van der Waals surface area contributed by atoms with Gasteiger partial charge in [0.1, 0.15) is 11.3 Å². The second-order valence-corrected chi connectivity index (χ2v) is 4.89. The molecule has 2 aromatic heterocycles. The molecule has 112 valence electrons. The van der Waals surface area contributed by atoms with E-state index in [-0.39, 0.29) is 11.8 Å². The van der Waals surface area contributed by atoms with Crippen molar-refractivity contribution in [2.45, 2.75) is 0 Å². The standard InChI is InChI=1S/C16H11FN6/c17-12-7-3-1-5-10(12)9-18-22-16-20-15-14(21-23-16)11-6-2-4-8-13(11)19-15/h1-9H,(H2,19,20,22,23)/b18-9-. The Bertz CT molecular complexity index is 1020. The third-order valence-electron chi connectivity index (χ3n) is 3.40. The maximum Gasteiger partial charge on any atom is 0.265 e. The largest absolute Gasteiger partial charge is 0.338 e. The van der Waals surface area contributed by atoms with Crippen molar-refractivity contribution in [3.8, 4) is 0 Å². The molecule has 4 rings (SSSR count). The summed E-state index contributed by atoms with van der Waals surface area (Å²) in [5, 5.41) is 13.0. The molecule has 0 aliphatic heterocycles. The normalized spacial score (nSPS) is 11.5. The number of para-hydroxylation sites is 1. The average Bonchev–Trinajstić information content (AvgIpc) is 2.94. The molecule has 0 fully saturated rings. The van der Waals surface area contributed by atoms with Gasteiger partial charge < -0.3 is 4.98 Å². The molecule has 0 atom stereocenters. The topological polar surface area (TPSA) is 78.8 Å². The van der Waals surface area contributed by atoms with Crippen LogP contribution in [0.15, 0.2) is 53.6 Å². The van der Waals surface area contributed by atoms with E-state index in [1.54, 1.807) is 18.2 Å². The number of benzene rings is 2. The maximum atomic E-state index is 13.5. The van der Waals surface area contributed by atoms with E-state index in [4.69, 9.17) is 0 Å². The number of anilines is 1. The van der Waals surface area contributed by atoms with Crippen molar-refractivity contribution in [3.63, 3.8) is 0 Å². The van der Waals surface area contributed by atoms with Crippen molar-refractivity contribution in [2.24, 2.45) is 5.10 Å². The van der Waals surface area contributed by atoms with Crippen LogP contribution in [0.25, 0.3) is 22.1 Å². The number of hydrogen-bond acceptors (Lipinski definition) is 5. The van der Waals surface area contributed by atoms with Crippen LogP contribution in [0, 0.1) is 5.82 Å². The van der Waals surface area contributed by atoms with E-state index < -0.39 is 0 Å². The molecule has 0 saturated carbocycles. The summed E-state index contributed by atoms with van der Waals surface area (Å²) in [5.74, 6) is -0.111. The third-order valence-corrected chi connectivity index (χ3v) is 3.40. The Morgan fingerprint density at radius 1 is 1.04 bits per heavy atom. The van der Waals surface area contributed by atoms with Crippen LogP contribution in [0.4, 0.5) is 10.3 Å². The van der Waals surface area contributed by atoms with Gasteiger partial charge in [-0.25, -0.2) is 9.82 Å². The Morgan fingerprint density at radius 2 is 1.87 bits per heavy atom. The highest BCUT2D eigenvalue weighted by atomic mass is 19.1. The van der Waals surface area contributed by atoms with Crippen molar-refractivity contribution in [1.29, 1.82) is 0 Å². The first-order valence-corrected chi connectivity index (χ1v) is 6.96. The van der Waals surface area contributed by atoms with Gasteiger partial charge >= 0.3 is 0 Å². The SMILES string of the molecule is Fc1ccccc1/C=N\Nc1nnc2c(n1)[nH]c1ccccc12. The number of rotatable bonds is 3. The average molecular weight is 306 g/mol. The molecule has 0 bridgehead atoms. The quantitative estimate of drug-likeness (QED) is 0.450. The van der Waals surface area contributed by atoms with Crippen molar-refractivity contribution in [1.82, 2.24) is 20.2 Å². The summed E-state index contributed by atoms with van der Waals surface area (Å²) < 4.78 is 13.5. The van der Waals surface area contributed by atoms with Gasteiger partial charge in [-0.05, 0) is 12.1 Å². The van der Waals surface area contributed by atoms with E-state index in [9.17, 15) is 4.39 Å².